The fourth-order valence-corrected chi connectivity index (χ4v) is 3.51. The minimum Gasteiger partial charge on any atom is -0.309 e. The number of rotatable bonds is 5. The van der Waals surface area contributed by atoms with E-state index in [2.05, 4.69) is 61.8 Å². The first-order valence-corrected chi connectivity index (χ1v) is 7.80. The zero-order valence-corrected chi connectivity index (χ0v) is 13.1. The summed E-state index contributed by atoms with van der Waals surface area (Å²) in [6.07, 6.45) is 1.16. The van der Waals surface area contributed by atoms with Gasteiger partial charge in [-0.15, -0.1) is 11.3 Å². The first kappa shape index (κ1) is 14.3. The fourth-order valence-electron chi connectivity index (χ4n) is 2.45. The van der Waals surface area contributed by atoms with Gasteiger partial charge in [-0.1, -0.05) is 38.1 Å². The van der Waals surface area contributed by atoms with E-state index in [4.69, 9.17) is 0 Å². The summed E-state index contributed by atoms with van der Waals surface area (Å²) >= 11 is 1.83. The van der Waals surface area contributed by atoms with Crippen LogP contribution in [0.3, 0.4) is 0 Å². The summed E-state index contributed by atoms with van der Waals surface area (Å²) in [7, 11) is 2.03. The van der Waals surface area contributed by atoms with Crippen molar-refractivity contribution in [2.24, 2.45) is 5.92 Å². The highest BCUT2D eigenvalue weighted by atomic mass is 32.1. The largest absolute Gasteiger partial charge is 0.309 e. The topological polar surface area (TPSA) is 12.0 Å². The second-order valence-electron chi connectivity index (χ2n) is 5.53. The van der Waals surface area contributed by atoms with Crippen LogP contribution in [0.5, 0.6) is 0 Å². The van der Waals surface area contributed by atoms with Gasteiger partial charge in [-0.05, 0) is 54.4 Å². The van der Waals surface area contributed by atoms with Crippen molar-refractivity contribution < 1.29 is 0 Å². The lowest BCUT2D eigenvalue weighted by Gasteiger charge is -2.17. The third-order valence-corrected chi connectivity index (χ3v) is 4.49. The Balaban J connectivity index is 2.22. The summed E-state index contributed by atoms with van der Waals surface area (Å²) in [5.41, 5.74) is 4.15. The smallest absolute Gasteiger partial charge is 0.0671 e. The molecule has 0 aliphatic heterocycles. The molecule has 1 aromatic carbocycles. The maximum absolute atomic E-state index is 3.43. The molecule has 1 heterocycles. The van der Waals surface area contributed by atoms with Gasteiger partial charge < -0.3 is 5.32 Å². The van der Waals surface area contributed by atoms with Crippen LogP contribution in [0.1, 0.15) is 41.5 Å². The van der Waals surface area contributed by atoms with Crippen molar-refractivity contribution in [1.82, 2.24) is 5.32 Å². The molecule has 2 aromatic rings. The van der Waals surface area contributed by atoms with Gasteiger partial charge in [-0.3, -0.25) is 0 Å². The minimum atomic E-state index is 0.313. The number of hydrogen-bond donors (Lipinski definition) is 1. The van der Waals surface area contributed by atoms with Gasteiger partial charge >= 0.3 is 0 Å². The van der Waals surface area contributed by atoms with Crippen molar-refractivity contribution in [3.05, 3.63) is 57.3 Å². The Morgan fingerprint density at radius 3 is 2.26 bits per heavy atom. The molecule has 0 saturated heterocycles. The molecule has 1 nitrogen and oxygen atoms in total. The Morgan fingerprint density at radius 2 is 1.79 bits per heavy atom. The van der Waals surface area contributed by atoms with Crippen LogP contribution < -0.4 is 5.32 Å². The number of benzene rings is 1. The summed E-state index contributed by atoms with van der Waals surface area (Å²) in [6, 6.07) is 11.6. The van der Waals surface area contributed by atoms with Crippen LogP contribution in [0, 0.1) is 12.8 Å². The molecule has 102 valence electrons. The molecule has 0 aliphatic carbocycles. The predicted octanol–water partition coefficient (Wildman–Crippen LogP) is 4.56. The maximum Gasteiger partial charge on any atom is 0.0671 e. The average molecular weight is 273 g/mol. The van der Waals surface area contributed by atoms with E-state index in [1.165, 1.54) is 21.6 Å². The number of nitrogens with one attached hydrogen (secondary N) is 1. The lowest BCUT2D eigenvalue weighted by molar-refractivity contribution is 0.646. The molecule has 19 heavy (non-hydrogen) atoms. The molecule has 2 rings (SSSR count). The van der Waals surface area contributed by atoms with Crippen LogP contribution in [0.15, 0.2) is 35.7 Å². The number of aryl methyl sites for hydroxylation is 1. The van der Waals surface area contributed by atoms with Crippen LogP contribution in [-0.4, -0.2) is 7.05 Å². The molecule has 2 heteroatoms. The van der Waals surface area contributed by atoms with E-state index >= 15 is 0 Å². The van der Waals surface area contributed by atoms with E-state index in [0.717, 1.165) is 6.42 Å². The van der Waals surface area contributed by atoms with E-state index in [1.54, 1.807) is 0 Å². The lowest BCUT2D eigenvalue weighted by Crippen LogP contribution is -2.17. The third-order valence-electron chi connectivity index (χ3n) is 3.41. The number of hydrogen-bond acceptors (Lipinski definition) is 2. The summed E-state index contributed by atoms with van der Waals surface area (Å²) in [5, 5.41) is 5.60. The van der Waals surface area contributed by atoms with Crippen molar-refractivity contribution in [3.63, 3.8) is 0 Å². The molecule has 1 aromatic heterocycles. The molecule has 1 unspecified atom stereocenters. The number of thiophene rings is 1. The summed E-state index contributed by atoms with van der Waals surface area (Å²) < 4.78 is 0. The molecular formula is C17H23NS. The van der Waals surface area contributed by atoms with Crippen molar-refractivity contribution >= 4 is 11.3 Å². The highest BCUT2D eigenvalue weighted by molar-refractivity contribution is 7.10. The van der Waals surface area contributed by atoms with Crippen LogP contribution in [0.2, 0.25) is 0 Å². The first-order chi connectivity index (χ1) is 9.11. The Kier molecular flexibility index (Phi) is 4.78. The van der Waals surface area contributed by atoms with Crippen molar-refractivity contribution in [1.29, 1.82) is 0 Å². The molecule has 0 amide bonds. The third kappa shape index (κ3) is 3.46. The molecule has 0 spiro atoms. The van der Waals surface area contributed by atoms with Gasteiger partial charge in [0.2, 0.25) is 0 Å². The lowest BCUT2D eigenvalue weighted by atomic mass is 9.98. The Hall–Kier alpha value is -1.12. The summed E-state index contributed by atoms with van der Waals surface area (Å²) in [4.78, 5) is 1.42. The monoisotopic (exact) mass is 273 g/mol. The second-order valence-corrected chi connectivity index (χ2v) is 6.48. The van der Waals surface area contributed by atoms with Gasteiger partial charge in [-0.25, -0.2) is 0 Å². The van der Waals surface area contributed by atoms with Gasteiger partial charge in [-0.2, -0.15) is 0 Å². The van der Waals surface area contributed by atoms with E-state index in [0.29, 0.717) is 12.0 Å². The fraction of sp³-hybridized carbons (Fsp3) is 0.412. The first-order valence-electron chi connectivity index (χ1n) is 6.92. The predicted molar refractivity (Wildman–Crippen MR) is 84.9 cm³/mol. The van der Waals surface area contributed by atoms with Gasteiger partial charge in [0, 0.05) is 4.88 Å². The zero-order chi connectivity index (χ0) is 13.8. The van der Waals surface area contributed by atoms with E-state index in [-0.39, 0.29) is 0 Å². The molecule has 0 radical (unpaired) electrons. The van der Waals surface area contributed by atoms with E-state index < -0.39 is 0 Å². The Labute approximate surface area is 120 Å². The van der Waals surface area contributed by atoms with Crippen LogP contribution in [0.4, 0.5) is 0 Å². The van der Waals surface area contributed by atoms with Crippen molar-refractivity contribution in [3.8, 4) is 0 Å². The van der Waals surface area contributed by atoms with Crippen LogP contribution in [0.25, 0.3) is 0 Å². The summed E-state index contributed by atoms with van der Waals surface area (Å²) in [6.45, 7) is 6.71. The van der Waals surface area contributed by atoms with E-state index in [9.17, 15) is 0 Å². The van der Waals surface area contributed by atoms with Crippen molar-refractivity contribution in [2.75, 3.05) is 7.05 Å². The van der Waals surface area contributed by atoms with Gasteiger partial charge in [0.1, 0.15) is 0 Å². The molecule has 0 fully saturated rings. The molecule has 1 atom stereocenters. The SMILES string of the molecule is CNC(c1ccc(CC(C)C)cc1)c1sccc1C. The quantitative estimate of drug-likeness (QED) is 0.842. The standard InChI is InChI=1S/C17H23NS/c1-12(2)11-14-5-7-15(8-6-14)16(18-4)17-13(3)9-10-19-17/h5-10,12,16,18H,11H2,1-4H3. The highest BCUT2D eigenvalue weighted by Gasteiger charge is 2.15. The highest BCUT2D eigenvalue weighted by Crippen LogP contribution is 2.29. The van der Waals surface area contributed by atoms with Crippen LogP contribution >= 0.6 is 11.3 Å². The molecule has 1 N–H and O–H groups in total. The minimum absolute atomic E-state index is 0.313. The molecular weight excluding hydrogens is 250 g/mol. The maximum atomic E-state index is 3.43. The van der Waals surface area contributed by atoms with Gasteiger partial charge in [0.05, 0.1) is 6.04 Å². The van der Waals surface area contributed by atoms with Crippen LogP contribution in [-0.2, 0) is 6.42 Å². The van der Waals surface area contributed by atoms with Gasteiger partial charge in [0.15, 0.2) is 0 Å². The summed E-state index contributed by atoms with van der Waals surface area (Å²) in [5.74, 6) is 0.713. The Bertz CT molecular complexity index is 510. The van der Waals surface area contributed by atoms with Crippen molar-refractivity contribution in [2.45, 2.75) is 33.2 Å². The molecule has 0 bridgehead atoms. The Morgan fingerprint density at radius 1 is 1.11 bits per heavy atom. The molecule has 0 aliphatic rings. The average Bonchev–Trinajstić information content (AvgIpc) is 2.78. The molecule has 0 saturated carbocycles. The second kappa shape index (κ2) is 6.36. The normalized spacial score (nSPS) is 12.9. The van der Waals surface area contributed by atoms with E-state index in [1.807, 2.05) is 18.4 Å². The van der Waals surface area contributed by atoms with Gasteiger partial charge in [0.25, 0.3) is 0 Å². The zero-order valence-electron chi connectivity index (χ0n) is 12.2.